The summed E-state index contributed by atoms with van der Waals surface area (Å²) < 4.78 is 7.96. The molecule has 6 rings (SSSR count). The third-order valence-electron chi connectivity index (χ3n) is 8.06. The molecule has 1 heterocycles. The van der Waals surface area contributed by atoms with Crippen LogP contribution in [0.5, 0.6) is 0 Å². The van der Waals surface area contributed by atoms with Crippen LogP contribution in [0.2, 0.25) is 0 Å². The first-order valence-corrected chi connectivity index (χ1v) is 15.4. The second kappa shape index (κ2) is 9.10. The van der Waals surface area contributed by atoms with Gasteiger partial charge in [-0.1, -0.05) is 0 Å². The van der Waals surface area contributed by atoms with E-state index in [1.54, 1.807) is 0 Å². The van der Waals surface area contributed by atoms with Crippen LogP contribution in [0.3, 0.4) is 0 Å². The fourth-order valence-electron chi connectivity index (χ4n) is 6.53. The molecular formula is C35H33OP. The minimum absolute atomic E-state index is 0.177. The van der Waals surface area contributed by atoms with Gasteiger partial charge >= 0.3 is 221 Å². The Bertz CT molecular complexity index is 1440. The molecule has 0 aromatic heterocycles. The van der Waals surface area contributed by atoms with Crippen molar-refractivity contribution in [2.45, 2.75) is 33.0 Å². The summed E-state index contributed by atoms with van der Waals surface area (Å²) in [5.41, 5.74) is 7.78. The standard InChI is InChI=1S/C35H33OP/c1-26-23-27(2)34(28(3)24-26)35-33-22-14-13-15-29(33)25-37(36-35,30-16-7-4-8-17-30,31-18-9-5-10-19-31)32-20-11-6-12-21-32/h4-24,35H,25H2,1-3H3. The van der Waals surface area contributed by atoms with Crippen LogP contribution in [0, 0.1) is 20.8 Å². The van der Waals surface area contributed by atoms with Gasteiger partial charge in [-0.25, -0.2) is 0 Å². The van der Waals surface area contributed by atoms with Gasteiger partial charge in [0.05, 0.1) is 0 Å². The van der Waals surface area contributed by atoms with E-state index in [-0.39, 0.29) is 6.10 Å². The van der Waals surface area contributed by atoms with Gasteiger partial charge in [-0.2, -0.15) is 0 Å². The molecule has 2 heteroatoms. The van der Waals surface area contributed by atoms with Gasteiger partial charge in [0.2, 0.25) is 0 Å². The maximum absolute atomic E-state index is 7.96. The first-order valence-electron chi connectivity index (χ1n) is 13.1. The van der Waals surface area contributed by atoms with E-state index in [0.717, 1.165) is 6.16 Å². The van der Waals surface area contributed by atoms with E-state index in [2.05, 4.69) is 148 Å². The Morgan fingerprint density at radius 2 is 1.00 bits per heavy atom. The molecule has 0 amide bonds. The van der Waals surface area contributed by atoms with Crippen molar-refractivity contribution >= 4 is 22.7 Å². The van der Waals surface area contributed by atoms with Crippen molar-refractivity contribution in [3.05, 3.63) is 161 Å². The zero-order chi connectivity index (χ0) is 25.5. The molecule has 0 aliphatic carbocycles. The van der Waals surface area contributed by atoms with Crippen LogP contribution in [0.15, 0.2) is 127 Å². The van der Waals surface area contributed by atoms with Crippen LogP contribution >= 0.6 is 6.83 Å². The Balaban J connectivity index is 1.79. The number of fused-ring (bicyclic) bond motifs is 1. The van der Waals surface area contributed by atoms with Gasteiger partial charge in [0.15, 0.2) is 0 Å². The summed E-state index contributed by atoms with van der Waals surface area (Å²) in [6.07, 6.45) is 0.657. The summed E-state index contributed by atoms with van der Waals surface area (Å²) in [4.78, 5) is 0. The average molecular weight is 501 g/mol. The minimum atomic E-state index is -3.45. The molecule has 0 spiro atoms. The van der Waals surface area contributed by atoms with Gasteiger partial charge in [0.1, 0.15) is 0 Å². The van der Waals surface area contributed by atoms with Crippen molar-refractivity contribution in [3.8, 4) is 0 Å². The zero-order valence-electron chi connectivity index (χ0n) is 21.8. The molecule has 1 aliphatic rings. The van der Waals surface area contributed by atoms with Crippen molar-refractivity contribution in [2.24, 2.45) is 0 Å². The topological polar surface area (TPSA) is 9.23 Å². The molecule has 184 valence electrons. The summed E-state index contributed by atoms with van der Waals surface area (Å²) in [7, 11) is 0. The Morgan fingerprint density at radius 1 is 0.568 bits per heavy atom. The predicted octanol–water partition coefficient (Wildman–Crippen LogP) is 7.68. The van der Waals surface area contributed by atoms with Crippen molar-refractivity contribution in [1.29, 1.82) is 0 Å². The number of aryl methyl sites for hydroxylation is 3. The number of rotatable bonds is 4. The first kappa shape index (κ1) is 23.9. The number of hydrogen-bond donors (Lipinski definition) is 0. The predicted molar refractivity (Wildman–Crippen MR) is 159 cm³/mol. The quantitative estimate of drug-likeness (QED) is 0.230. The molecule has 0 saturated carbocycles. The molecule has 1 unspecified atom stereocenters. The van der Waals surface area contributed by atoms with Crippen molar-refractivity contribution in [2.75, 3.05) is 0 Å². The zero-order valence-corrected chi connectivity index (χ0v) is 22.7. The summed E-state index contributed by atoms with van der Waals surface area (Å²) in [6, 6.07) is 46.6. The van der Waals surface area contributed by atoms with Crippen molar-refractivity contribution < 1.29 is 4.52 Å². The molecule has 5 aromatic carbocycles. The summed E-state index contributed by atoms with van der Waals surface area (Å²) in [5.74, 6) is 0. The van der Waals surface area contributed by atoms with E-state index in [4.69, 9.17) is 4.52 Å². The summed E-state index contributed by atoms with van der Waals surface area (Å²) >= 11 is 0. The number of benzene rings is 5. The molecule has 0 radical (unpaired) electrons. The fourth-order valence-corrected chi connectivity index (χ4v) is 12.4. The van der Waals surface area contributed by atoms with Crippen molar-refractivity contribution in [3.63, 3.8) is 0 Å². The van der Waals surface area contributed by atoms with E-state index >= 15 is 0 Å². The molecule has 1 aliphatic heterocycles. The van der Waals surface area contributed by atoms with E-state index in [0.29, 0.717) is 0 Å². The Labute approximate surface area is 220 Å². The molecule has 37 heavy (non-hydrogen) atoms. The van der Waals surface area contributed by atoms with Crippen LogP contribution in [0.4, 0.5) is 0 Å². The molecule has 0 N–H and O–H groups in total. The van der Waals surface area contributed by atoms with Gasteiger partial charge in [-0.15, -0.1) is 0 Å². The summed E-state index contributed by atoms with van der Waals surface area (Å²) in [6.45, 7) is 3.20. The van der Waals surface area contributed by atoms with E-state index < -0.39 is 6.83 Å². The molecular weight excluding hydrogens is 467 g/mol. The van der Waals surface area contributed by atoms with Crippen molar-refractivity contribution in [1.82, 2.24) is 0 Å². The molecule has 0 bridgehead atoms. The molecule has 0 saturated heterocycles. The normalized spacial score (nSPS) is 18.8. The number of hydrogen-bond acceptors (Lipinski definition) is 1. The maximum atomic E-state index is 7.96. The fraction of sp³-hybridized carbons (Fsp3) is 0.143. The van der Waals surface area contributed by atoms with Gasteiger partial charge in [-0.05, 0) is 0 Å². The summed E-state index contributed by atoms with van der Waals surface area (Å²) in [5, 5.41) is 3.81. The molecule has 5 aromatic rings. The second-order valence-corrected chi connectivity index (χ2v) is 14.9. The second-order valence-electron chi connectivity index (χ2n) is 10.4. The van der Waals surface area contributed by atoms with Crippen LogP contribution in [0.1, 0.15) is 39.5 Å². The van der Waals surface area contributed by atoms with Crippen LogP contribution in [-0.2, 0) is 10.7 Å². The van der Waals surface area contributed by atoms with E-state index in [1.807, 2.05) is 0 Å². The third kappa shape index (κ3) is 3.61. The Morgan fingerprint density at radius 3 is 1.49 bits per heavy atom. The first-order chi connectivity index (χ1) is 18.0. The third-order valence-corrected chi connectivity index (χ3v) is 13.8. The van der Waals surface area contributed by atoms with Gasteiger partial charge in [0, 0.05) is 0 Å². The van der Waals surface area contributed by atoms with Crippen LogP contribution in [0.25, 0.3) is 0 Å². The van der Waals surface area contributed by atoms with Gasteiger partial charge in [0.25, 0.3) is 0 Å². The SMILES string of the molecule is Cc1cc(C)c(C2OP(c3ccccc3)(c3ccccc3)(c3ccccc3)Cc3ccccc32)c(C)c1. The van der Waals surface area contributed by atoms with Crippen LogP contribution < -0.4 is 15.9 Å². The van der Waals surface area contributed by atoms with Crippen LogP contribution in [-0.4, -0.2) is 0 Å². The molecule has 1 nitrogen and oxygen atoms in total. The Hall–Kier alpha value is -3.51. The van der Waals surface area contributed by atoms with E-state index in [1.165, 1.54) is 49.3 Å². The monoisotopic (exact) mass is 500 g/mol. The molecule has 1 atom stereocenters. The van der Waals surface area contributed by atoms with Gasteiger partial charge < -0.3 is 0 Å². The Kier molecular flexibility index (Phi) is 5.87. The van der Waals surface area contributed by atoms with E-state index in [9.17, 15) is 0 Å². The molecule has 0 fully saturated rings. The van der Waals surface area contributed by atoms with Gasteiger partial charge in [-0.3, -0.25) is 0 Å². The average Bonchev–Trinajstić information content (AvgIpc) is 2.94.